The Morgan fingerprint density at radius 3 is 2.93 bits per heavy atom. The first-order valence-corrected chi connectivity index (χ1v) is 4.89. The van der Waals surface area contributed by atoms with E-state index in [0.29, 0.717) is 0 Å². The Morgan fingerprint density at radius 2 is 2.36 bits per heavy atom. The lowest BCUT2D eigenvalue weighted by Gasteiger charge is -2.16. The lowest BCUT2D eigenvalue weighted by molar-refractivity contribution is -0.138. The van der Waals surface area contributed by atoms with Crippen molar-refractivity contribution in [3.63, 3.8) is 0 Å². The highest BCUT2D eigenvalue weighted by atomic mass is 16.5. The molecule has 0 aromatic carbocycles. The van der Waals surface area contributed by atoms with Crippen LogP contribution in [-0.2, 0) is 9.53 Å². The number of carboxylic acid groups (broad SMARTS) is 1. The summed E-state index contributed by atoms with van der Waals surface area (Å²) in [6.45, 7) is 1.95. The van der Waals surface area contributed by atoms with Gasteiger partial charge in [-0.15, -0.1) is 0 Å². The summed E-state index contributed by atoms with van der Waals surface area (Å²) in [5, 5.41) is 8.56. The second kappa shape index (κ2) is 5.47. The maximum absolute atomic E-state index is 10.4. The summed E-state index contributed by atoms with van der Waals surface area (Å²) >= 11 is 0. The molecule has 0 aliphatic carbocycles. The zero-order chi connectivity index (χ0) is 10.4. The molecule has 0 radical (unpaired) electrons. The van der Waals surface area contributed by atoms with E-state index in [1.54, 1.807) is 6.26 Å². The van der Waals surface area contributed by atoms with Crippen molar-refractivity contribution in [3.8, 4) is 0 Å². The van der Waals surface area contributed by atoms with Crippen molar-refractivity contribution >= 4 is 5.97 Å². The minimum absolute atomic E-state index is 0.122. The van der Waals surface area contributed by atoms with Crippen molar-refractivity contribution in [2.75, 3.05) is 0 Å². The molecule has 0 saturated carbocycles. The maximum atomic E-state index is 10.4. The third-order valence-corrected chi connectivity index (χ3v) is 2.24. The predicted octanol–water partition coefficient (Wildman–Crippen LogP) is 2.35. The lowest BCUT2D eigenvalue weighted by atomic mass is 9.99. The van der Waals surface area contributed by atoms with Gasteiger partial charge in [-0.2, -0.15) is 0 Å². The first-order chi connectivity index (χ1) is 6.68. The molecule has 0 amide bonds. The third-order valence-electron chi connectivity index (χ3n) is 2.24. The van der Waals surface area contributed by atoms with E-state index in [2.05, 4.69) is 0 Å². The van der Waals surface area contributed by atoms with Gasteiger partial charge < -0.3 is 9.84 Å². The molecule has 78 valence electrons. The molecule has 0 fully saturated rings. The Bertz CT molecular complexity index is 243. The van der Waals surface area contributed by atoms with Crippen LogP contribution in [0.1, 0.15) is 26.2 Å². The topological polar surface area (TPSA) is 46.5 Å². The molecule has 1 aliphatic heterocycles. The molecular formula is C11H16O3. The van der Waals surface area contributed by atoms with Crippen LogP contribution in [0.4, 0.5) is 0 Å². The number of hydrogen-bond donors (Lipinski definition) is 1. The van der Waals surface area contributed by atoms with E-state index >= 15 is 0 Å². The zero-order valence-electron chi connectivity index (χ0n) is 8.35. The molecule has 2 unspecified atom stereocenters. The fourth-order valence-electron chi connectivity index (χ4n) is 1.44. The van der Waals surface area contributed by atoms with Crippen LogP contribution in [0.25, 0.3) is 0 Å². The van der Waals surface area contributed by atoms with Crippen LogP contribution in [0, 0.1) is 5.92 Å². The lowest BCUT2D eigenvalue weighted by Crippen LogP contribution is -2.11. The van der Waals surface area contributed by atoms with Gasteiger partial charge in [0.15, 0.2) is 0 Å². The van der Waals surface area contributed by atoms with Crippen LogP contribution in [0.15, 0.2) is 24.5 Å². The highest BCUT2D eigenvalue weighted by Gasteiger charge is 2.11. The average Bonchev–Trinajstić information content (AvgIpc) is 2.15. The van der Waals surface area contributed by atoms with Gasteiger partial charge in [0, 0.05) is 6.42 Å². The van der Waals surface area contributed by atoms with E-state index in [1.165, 1.54) is 0 Å². The molecule has 2 atom stereocenters. The summed E-state index contributed by atoms with van der Waals surface area (Å²) in [7, 11) is 0. The van der Waals surface area contributed by atoms with Crippen LogP contribution in [0.3, 0.4) is 0 Å². The molecule has 14 heavy (non-hydrogen) atoms. The molecule has 0 aromatic heterocycles. The molecule has 0 bridgehead atoms. The number of aliphatic carboxylic acids is 1. The molecule has 0 saturated heterocycles. The van der Waals surface area contributed by atoms with Crippen LogP contribution in [0.5, 0.6) is 0 Å². The van der Waals surface area contributed by atoms with Crippen LogP contribution >= 0.6 is 0 Å². The fraction of sp³-hybridized carbons (Fsp3) is 0.545. The summed E-state index contributed by atoms with van der Waals surface area (Å²) < 4.78 is 5.32. The predicted molar refractivity (Wildman–Crippen MR) is 53.8 cm³/mol. The largest absolute Gasteiger partial charge is 0.494 e. The minimum Gasteiger partial charge on any atom is -0.494 e. The van der Waals surface area contributed by atoms with Crippen molar-refractivity contribution < 1.29 is 14.6 Å². The van der Waals surface area contributed by atoms with Gasteiger partial charge in [0.1, 0.15) is 6.10 Å². The van der Waals surface area contributed by atoms with Gasteiger partial charge in [0.25, 0.3) is 0 Å². The Kier molecular flexibility index (Phi) is 4.23. The number of ether oxygens (including phenoxy) is 1. The molecule has 0 spiro atoms. The molecule has 0 aromatic rings. The van der Waals surface area contributed by atoms with E-state index in [0.717, 1.165) is 12.8 Å². The average molecular weight is 196 g/mol. The first-order valence-electron chi connectivity index (χ1n) is 4.89. The van der Waals surface area contributed by atoms with Gasteiger partial charge in [0.2, 0.25) is 0 Å². The van der Waals surface area contributed by atoms with Crippen molar-refractivity contribution in [1.82, 2.24) is 0 Å². The molecule has 3 nitrogen and oxygen atoms in total. The van der Waals surface area contributed by atoms with Crippen LogP contribution in [-0.4, -0.2) is 17.2 Å². The van der Waals surface area contributed by atoms with Gasteiger partial charge in [-0.3, -0.25) is 4.79 Å². The number of carboxylic acids is 1. The Hall–Kier alpha value is -1.25. The molecule has 1 rings (SSSR count). The highest BCUT2D eigenvalue weighted by molar-refractivity contribution is 5.66. The van der Waals surface area contributed by atoms with Gasteiger partial charge in [-0.1, -0.05) is 13.0 Å². The molecule has 1 aliphatic rings. The number of allylic oxidation sites excluding steroid dienone is 2. The maximum Gasteiger partial charge on any atom is 0.303 e. The van der Waals surface area contributed by atoms with E-state index < -0.39 is 5.97 Å². The molecule has 1 heterocycles. The standard InChI is InChI=1S/C11H16O3/c1-9(8-11(12)13)5-6-10-4-2-3-7-14-10/h2-4,7,9-10H,5-6,8H2,1H3,(H,12,13). The molecule has 1 N–H and O–H groups in total. The second-order valence-electron chi connectivity index (χ2n) is 3.67. The second-order valence-corrected chi connectivity index (χ2v) is 3.67. The Balaban J connectivity index is 2.16. The normalized spacial score (nSPS) is 21.6. The molecule has 3 heteroatoms. The number of rotatable bonds is 5. The SMILES string of the molecule is CC(CCC1C=CC=CO1)CC(=O)O. The highest BCUT2D eigenvalue weighted by Crippen LogP contribution is 2.16. The summed E-state index contributed by atoms with van der Waals surface area (Å²) in [4.78, 5) is 10.4. The van der Waals surface area contributed by atoms with E-state index in [4.69, 9.17) is 9.84 Å². The van der Waals surface area contributed by atoms with E-state index in [1.807, 2.05) is 25.2 Å². The number of carbonyl (C=O) groups is 1. The monoisotopic (exact) mass is 196 g/mol. The van der Waals surface area contributed by atoms with Gasteiger partial charge >= 0.3 is 5.97 Å². The van der Waals surface area contributed by atoms with Gasteiger partial charge in [-0.25, -0.2) is 0 Å². The third kappa shape index (κ3) is 4.12. The summed E-state index contributed by atoms with van der Waals surface area (Å²) in [5.41, 5.74) is 0. The quantitative estimate of drug-likeness (QED) is 0.734. The Labute approximate surface area is 84.1 Å². The first kappa shape index (κ1) is 10.8. The van der Waals surface area contributed by atoms with Crippen molar-refractivity contribution in [1.29, 1.82) is 0 Å². The van der Waals surface area contributed by atoms with Crippen molar-refractivity contribution in [3.05, 3.63) is 24.5 Å². The minimum atomic E-state index is -0.725. The van der Waals surface area contributed by atoms with Crippen LogP contribution in [0.2, 0.25) is 0 Å². The number of hydrogen-bond acceptors (Lipinski definition) is 2. The summed E-state index contributed by atoms with van der Waals surface area (Å²) in [6, 6.07) is 0. The molecular weight excluding hydrogens is 180 g/mol. The fourth-order valence-corrected chi connectivity index (χ4v) is 1.44. The summed E-state index contributed by atoms with van der Waals surface area (Å²) in [5.74, 6) is -0.507. The van der Waals surface area contributed by atoms with Gasteiger partial charge in [0.05, 0.1) is 6.26 Å². The van der Waals surface area contributed by atoms with E-state index in [9.17, 15) is 4.79 Å². The zero-order valence-corrected chi connectivity index (χ0v) is 8.35. The Morgan fingerprint density at radius 1 is 1.57 bits per heavy atom. The van der Waals surface area contributed by atoms with Crippen molar-refractivity contribution in [2.45, 2.75) is 32.3 Å². The van der Waals surface area contributed by atoms with Gasteiger partial charge in [-0.05, 0) is 30.9 Å². The van der Waals surface area contributed by atoms with Crippen molar-refractivity contribution in [2.24, 2.45) is 5.92 Å². The smallest absolute Gasteiger partial charge is 0.303 e. The van der Waals surface area contributed by atoms with Crippen LogP contribution < -0.4 is 0 Å². The summed E-state index contributed by atoms with van der Waals surface area (Å²) in [6.07, 6.45) is 9.60. The van der Waals surface area contributed by atoms with E-state index in [-0.39, 0.29) is 18.4 Å².